The molecule has 7 atom stereocenters. The lowest BCUT2D eigenvalue weighted by Gasteiger charge is -2.38. The number of carbonyl (C=O) groups is 1. The molecule has 0 aromatic heterocycles. The lowest BCUT2D eigenvalue weighted by Crippen LogP contribution is -2.59. The Kier molecular flexibility index (Phi) is 4.79. The fraction of sp³-hybridized carbons (Fsp3) is 0.850. The van der Waals surface area contributed by atoms with Gasteiger partial charge < -0.3 is 9.47 Å². The van der Waals surface area contributed by atoms with Crippen molar-refractivity contribution in [3.05, 3.63) is 12.2 Å². The second-order valence-corrected chi connectivity index (χ2v) is 9.21. The van der Waals surface area contributed by atoms with E-state index < -0.39 is 36.4 Å². The molecule has 4 rings (SSSR count). The third-order valence-electron chi connectivity index (χ3n) is 7.47. The third-order valence-corrected chi connectivity index (χ3v) is 7.47. The van der Waals surface area contributed by atoms with Crippen molar-refractivity contribution < 1.29 is 36.2 Å². The molecule has 0 aromatic rings. The van der Waals surface area contributed by atoms with E-state index in [1.54, 1.807) is 6.08 Å². The molecule has 0 heterocycles. The maximum absolute atomic E-state index is 13.8. The standard InChI is InChI=1S/C20H25F5O3/c1-18(9-12-3-5-15(18)8-12)17(26)28-19(16(21)22,20(23,24)25)27-10-14-7-11-2-4-13(14)6-11/h3,5,11-16H,2,4,6-10H2,1H3. The van der Waals surface area contributed by atoms with Crippen LogP contribution in [-0.2, 0) is 14.3 Å². The van der Waals surface area contributed by atoms with Gasteiger partial charge in [0.25, 0.3) is 0 Å². The van der Waals surface area contributed by atoms with Gasteiger partial charge >= 0.3 is 24.4 Å². The monoisotopic (exact) mass is 408 g/mol. The Morgan fingerprint density at radius 2 is 1.93 bits per heavy atom. The number of allylic oxidation sites excluding steroid dienone is 2. The van der Waals surface area contributed by atoms with Crippen LogP contribution in [0.25, 0.3) is 0 Å². The average molecular weight is 408 g/mol. The van der Waals surface area contributed by atoms with E-state index in [2.05, 4.69) is 4.74 Å². The van der Waals surface area contributed by atoms with E-state index in [-0.39, 0.29) is 23.7 Å². The fourth-order valence-electron chi connectivity index (χ4n) is 5.80. The number of esters is 1. The molecule has 0 N–H and O–H groups in total. The van der Waals surface area contributed by atoms with E-state index >= 15 is 0 Å². The van der Waals surface area contributed by atoms with Gasteiger partial charge in [-0.25, -0.2) is 8.78 Å². The lowest BCUT2D eigenvalue weighted by atomic mass is 9.77. The maximum Gasteiger partial charge on any atom is 0.462 e. The van der Waals surface area contributed by atoms with Crippen LogP contribution in [0.1, 0.15) is 45.4 Å². The quantitative estimate of drug-likeness (QED) is 0.265. The SMILES string of the molecule is CC1(C(=O)OC(OCC2CC3CCC2C3)(C(F)F)C(F)(F)F)CC2C=CC1C2. The molecule has 3 fully saturated rings. The first-order valence-electron chi connectivity index (χ1n) is 9.96. The topological polar surface area (TPSA) is 35.5 Å². The number of carbonyl (C=O) groups excluding carboxylic acids is 1. The van der Waals surface area contributed by atoms with E-state index in [4.69, 9.17) is 4.74 Å². The van der Waals surface area contributed by atoms with Crippen LogP contribution in [0.2, 0.25) is 0 Å². The molecule has 4 bridgehead atoms. The molecule has 28 heavy (non-hydrogen) atoms. The Labute approximate surface area is 160 Å². The van der Waals surface area contributed by atoms with Gasteiger partial charge in [-0.15, -0.1) is 0 Å². The molecule has 3 nitrogen and oxygen atoms in total. The summed E-state index contributed by atoms with van der Waals surface area (Å²) in [6.07, 6.45) is -1.42. The minimum atomic E-state index is -5.53. The largest absolute Gasteiger partial charge is 0.462 e. The maximum atomic E-state index is 13.8. The number of rotatable bonds is 6. The molecule has 0 saturated heterocycles. The zero-order valence-corrected chi connectivity index (χ0v) is 15.7. The first-order valence-corrected chi connectivity index (χ1v) is 9.96. The highest BCUT2D eigenvalue weighted by molar-refractivity contribution is 5.78. The third kappa shape index (κ3) is 3.06. The highest BCUT2D eigenvalue weighted by Gasteiger charge is 2.69. The van der Waals surface area contributed by atoms with Crippen LogP contribution < -0.4 is 0 Å². The zero-order chi connectivity index (χ0) is 20.3. The molecule has 4 aliphatic rings. The van der Waals surface area contributed by atoms with E-state index in [1.807, 2.05) is 6.08 Å². The summed E-state index contributed by atoms with van der Waals surface area (Å²) in [4.78, 5) is 12.7. The molecular formula is C20H25F5O3. The van der Waals surface area contributed by atoms with Crippen molar-refractivity contribution in [1.82, 2.24) is 0 Å². The van der Waals surface area contributed by atoms with Gasteiger partial charge in [-0.3, -0.25) is 4.79 Å². The Balaban J connectivity index is 1.53. The second-order valence-electron chi connectivity index (χ2n) is 9.21. The summed E-state index contributed by atoms with van der Waals surface area (Å²) in [7, 11) is 0. The molecule has 0 radical (unpaired) electrons. The van der Waals surface area contributed by atoms with Crippen molar-refractivity contribution >= 4 is 5.97 Å². The van der Waals surface area contributed by atoms with Gasteiger partial charge in [0.1, 0.15) is 0 Å². The van der Waals surface area contributed by atoms with Crippen LogP contribution in [0, 0.1) is 35.0 Å². The fourth-order valence-corrected chi connectivity index (χ4v) is 5.80. The van der Waals surface area contributed by atoms with Crippen LogP contribution in [-0.4, -0.2) is 31.0 Å². The van der Waals surface area contributed by atoms with Crippen LogP contribution in [0.3, 0.4) is 0 Å². The molecule has 0 aromatic carbocycles. The summed E-state index contributed by atoms with van der Waals surface area (Å²) in [6, 6.07) is 0. The van der Waals surface area contributed by atoms with Crippen molar-refractivity contribution in [2.45, 2.75) is 63.8 Å². The molecule has 3 saturated carbocycles. The zero-order valence-electron chi connectivity index (χ0n) is 15.7. The van der Waals surface area contributed by atoms with E-state index in [1.165, 1.54) is 6.92 Å². The summed E-state index contributed by atoms with van der Waals surface area (Å²) < 4.78 is 78.1. The predicted molar refractivity (Wildman–Crippen MR) is 89.2 cm³/mol. The number of alkyl halides is 5. The summed E-state index contributed by atoms with van der Waals surface area (Å²) in [6.45, 7) is 1.02. The van der Waals surface area contributed by atoms with E-state index in [9.17, 15) is 26.7 Å². The molecule has 0 spiro atoms. The minimum Gasteiger partial charge on any atom is -0.418 e. The summed E-state index contributed by atoms with van der Waals surface area (Å²) in [5.41, 5.74) is -1.24. The number of hydrogen-bond donors (Lipinski definition) is 0. The van der Waals surface area contributed by atoms with Gasteiger partial charge in [0.05, 0.1) is 12.0 Å². The van der Waals surface area contributed by atoms with Gasteiger partial charge in [0.2, 0.25) is 0 Å². The summed E-state index contributed by atoms with van der Waals surface area (Å²) >= 11 is 0. The van der Waals surface area contributed by atoms with Crippen molar-refractivity contribution in [2.24, 2.45) is 35.0 Å². The molecular weight excluding hydrogens is 383 g/mol. The molecule has 7 unspecified atom stereocenters. The minimum absolute atomic E-state index is 0.0735. The molecule has 8 heteroatoms. The van der Waals surface area contributed by atoms with Crippen molar-refractivity contribution in [3.8, 4) is 0 Å². The molecule has 4 aliphatic carbocycles. The van der Waals surface area contributed by atoms with E-state index in [0.29, 0.717) is 25.2 Å². The summed E-state index contributed by atoms with van der Waals surface area (Å²) in [5.74, 6) is -5.23. The van der Waals surface area contributed by atoms with Crippen LogP contribution >= 0.6 is 0 Å². The number of fused-ring (bicyclic) bond motifs is 4. The Bertz CT molecular complexity index is 663. The van der Waals surface area contributed by atoms with Crippen molar-refractivity contribution in [2.75, 3.05) is 6.61 Å². The Morgan fingerprint density at radius 1 is 1.18 bits per heavy atom. The van der Waals surface area contributed by atoms with E-state index in [0.717, 1.165) is 19.3 Å². The molecule has 0 aliphatic heterocycles. The van der Waals surface area contributed by atoms with Gasteiger partial charge in [-0.05, 0) is 68.6 Å². The molecule has 0 amide bonds. The lowest BCUT2D eigenvalue weighted by molar-refractivity contribution is -0.405. The number of halogens is 5. The first-order chi connectivity index (χ1) is 13.0. The second kappa shape index (κ2) is 6.67. The van der Waals surface area contributed by atoms with Crippen LogP contribution in [0.15, 0.2) is 12.2 Å². The highest BCUT2D eigenvalue weighted by atomic mass is 19.4. The first kappa shape index (κ1) is 20.1. The smallest absolute Gasteiger partial charge is 0.418 e. The average Bonchev–Trinajstić information content (AvgIpc) is 3.37. The van der Waals surface area contributed by atoms with Gasteiger partial charge in [-0.2, -0.15) is 13.2 Å². The predicted octanol–water partition coefficient (Wildman–Crippen LogP) is 5.11. The number of ether oxygens (including phenoxy) is 2. The normalized spacial score (nSPS) is 41.0. The van der Waals surface area contributed by atoms with Gasteiger partial charge in [-0.1, -0.05) is 18.6 Å². The Morgan fingerprint density at radius 3 is 2.39 bits per heavy atom. The number of hydrogen-bond acceptors (Lipinski definition) is 3. The van der Waals surface area contributed by atoms with Crippen molar-refractivity contribution in [3.63, 3.8) is 0 Å². The van der Waals surface area contributed by atoms with Gasteiger partial charge in [0, 0.05) is 0 Å². The van der Waals surface area contributed by atoms with Crippen LogP contribution in [0.4, 0.5) is 22.0 Å². The summed E-state index contributed by atoms with van der Waals surface area (Å²) in [5, 5.41) is 0. The van der Waals surface area contributed by atoms with Gasteiger partial charge in [0.15, 0.2) is 0 Å². The highest BCUT2D eigenvalue weighted by Crippen LogP contribution is 2.54. The van der Waals surface area contributed by atoms with Crippen molar-refractivity contribution in [1.29, 1.82) is 0 Å². The Hall–Kier alpha value is -1.18. The van der Waals surface area contributed by atoms with Crippen LogP contribution in [0.5, 0.6) is 0 Å². The molecule has 158 valence electrons.